The summed E-state index contributed by atoms with van der Waals surface area (Å²) >= 11 is 0. The Morgan fingerprint density at radius 1 is 1.45 bits per heavy atom. The van der Waals surface area contributed by atoms with Crippen molar-refractivity contribution in [2.45, 2.75) is 40.0 Å². The molecule has 1 aliphatic rings. The molecule has 0 N–H and O–H groups in total. The van der Waals surface area contributed by atoms with E-state index in [0.29, 0.717) is 0 Å². The van der Waals surface area contributed by atoms with Crippen LogP contribution in [0.4, 0.5) is 0 Å². The fourth-order valence-electron chi connectivity index (χ4n) is 1.47. The maximum absolute atomic E-state index is 2.38. The molecule has 0 amide bonds. The van der Waals surface area contributed by atoms with Crippen molar-refractivity contribution in [1.82, 2.24) is 0 Å². The highest BCUT2D eigenvalue weighted by Gasteiger charge is 2.08. The van der Waals surface area contributed by atoms with Gasteiger partial charge in [-0.2, -0.15) is 0 Å². The van der Waals surface area contributed by atoms with Crippen molar-refractivity contribution in [3.8, 4) is 0 Å². The maximum atomic E-state index is 2.38. The van der Waals surface area contributed by atoms with Crippen LogP contribution in [0, 0.1) is 5.92 Å². The van der Waals surface area contributed by atoms with Crippen molar-refractivity contribution in [2.75, 3.05) is 0 Å². The molecule has 0 aromatic carbocycles. The van der Waals surface area contributed by atoms with Crippen LogP contribution in [0.2, 0.25) is 0 Å². The highest BCUT2D eigenvalue weighted by molar-refractivity contribution is 5.33. The van der Waals surface area contributed by atoms with Crippen LogP contribution in [-0.2, 0) is 0 Å². The number of hydrogen-bond acceptors (Lipinski definition) is 0. The summed E-state index contributed by atoms with van der Waals surface area (Å²) in [5, 5.41) is 0. The second kappa shape index (κ2) is 3.75. The summed E-state index contributed by atoms with van der Waals surface area (Å²) in [6.07, 6.45) is 8.49. The Kier molecular flexibility index (Phi) is 2.92. The topological polar surface area (TPSA) is 0 Å². The Balaban J connectivity index is 2.49. The van der Waals surface area contributed by atoms with Gasteiger partial charge in [-0.1, -0.05) is 50.5 Å². The lowest BCUT2D eigenvalue weighted by molar-refractivity contribution is 0.753. The summed E-state index contributed by atoms with van der Waals surface area (Å²) in [4.78, 5) is 0. The highest BCUT2D eigenvalue weighted by Crippen LogP contribution is 2.25. The molecule has 0 radical (unpaired) electrons. The molecule has 11 heavy (non-hydrogen) atoms. The SMILES string of the molecule is CCCC1=CCC(C(C)C)=C1. The van der Waals surface area contributed by atoms with Gasteiger partial charge in [0.2, 0.25) is 0 Å². The van der Waals surface area contributed by atoms with Crippen LogP contribution in [0.25, 0.3) is 0 Å². The van der Waals surface area contributed by atoms with Gasteiger partial charge in [0.05, 0.1) is 0 Å². The summed E-state index contributed by atoms with van der Waals surface area (Å²) in [5.41, 5.74) is 3.16. The molecule has 1 rings (SSSR count). The van der Waals surface area contributed by atoms with Gasteiger partial charge in [-0.3, -0.25) is 0 Å². The molecule has 0 saturated carbocycles. The molecular formula is C11H18. The Bertz CT molecular complexity index is 182. The normalized spacial score (nSPS) is 17.1. The Morgan fingerprint density at radius 3 is 2.64 bits per heavy atom. The third-order valence-electron chi connectivity index (χ3n) is 2.25. The minimum Gasteiger partial charge on any atom is -0.0772 e. The van der Waals surface area contributed by atoms with Gasteiger partial charge in [-0.05, 0) is 18.8 Å². The van der Waals surface area contributed by atoms with Crippen molar-refractivity contribution >= 4 is 0 Å². The van der Waals surface area contributed by atoms with E-state index in [4.69, 9.17) is 0 Å². The van der Waals surface area contributed by atoms with Gasteiger partial charge in [0.15, 0.2) is 0 Å². The first kappa shape index (κ1) is 8.58. The van der Waals surface area contributed by atoms with Gasteiger partial charge in [0, 0.05) is 0 Å². The summed E-state index contributed by atoms with van der Waals surface area (Å²) in [6.45, 7) is 6.78. The van der Waals surface area contributed by atoms with E-state index in [0.717, 1.165) is 5.92 Å². The molecule has 0 saturated heterocycles. The van der Waals surface area contributed by atoms with Crippen molar-refractivity contribution in [3.63, 3.8) is 0 Å². The zero-order valence-corrected chi connectivity index (χ0v) is 7.85. The molecule has 0 aromatic heterocycles. The van der Waals surface area contributed by atoms with E-state index in [1.165, 1.54) is 19.3 Å². The summed E-state index contributed by atoms with van der Waals surface area (Å²) < 4.78 is 0. The fourth-order valence-corrected chi connectivity index (χ4v) is 1.47. The largest absolute Gasteiger partial charge is 0.0772 e. The number of rotatable bonds is 3. The average Bonchev–Trinajstić information content (AvgIpc) is 2.37. The Hall–Kier alpha value is -0.520. The molecule has 62 valence electrons. The Labute approximate surface area is 70.0 Å². The first-order chi connectivity index (χ1) is 5.24. The molecule has 0 nitrogen and oxygen atoms in total. The van der Waals surface area contributed by atoms with Crippen LogP contribution in [0.1, 0.15) is 40.0 Å². The molecule has 0 heterocycles. The van der Waals surface area contributed by atoms with E-state index >= 15 is 0 Å². The Morgan fingerprint density at radius 2 is 2.18 bits per heavy atom. The van der Waals surface area contributed by atoms with Gasteiger partial charge in [0.1, 0.15) is 0 Å². The molecule has 0 aliphatic heterocycles. The first-order valence-corrected chi connectivity index (χ1v) is 4.63. The summed E-state index contributed by atoms with van der Waals surface area (Å²) in [6, 6.07) is 0. The predicted molar refractivity (Wildman–Crippen MR) is 50.5 cm³/mol. The van der Waals surface area contributed by atoms with Crippen molar-refractivity contribution in [1.29, 1.82) is 0 Å². The second-order valence-electron chi connectivity index (χ2n) is 3.61. The highest BCUT2D eigenvalue weighted by atomic mass is 14.1. The molecule has 0 unspecified atom stereocenters. The second-order valence-corrected chi connectivity index (χ2v) is 3.61. The van der Waals surface area contributed by atoms with Crippen LogP contribution in [0.3, 0.4) is 0 Å². The molecule has 0 aromatic rings. The lowest BCUT2D eigenvalue weighted by Crippen LogP contribution is -1.88. The van der Waals surface area contributed by atoms with E-state index in [2.05, 4.69) is 32.9 Å². The van der Waals surface area contributed by atoms with Crippen LogP contribution in [0.15, 0.2) is 23.3 Å². The van der Waals surface area contributed by atoms with E-state index in [-0.39, 0.29) is 0 Å². The monoisotopic (exact) mass is 150 g/mol. The van der Waals surface area contributed by atoms with E-state index in [1.54, 1.807) is 11.1 Å². The third-order valence-corrected chi connectivity index (χ3v) is 2.25. The van der Waals surface area contributed by atoms with Gasteiger partial charge >= 0.3 is 0 Å². The van der Waals surface area contributed by atoms with Crippen molar-refractivity contribution < 1.29 is 0 Å². The number of hydrogen-bond donors (Lipinski definition) is 0. The lowest BCUT2D eigenvalue weighted by Gasteiger charge is -2.03. The van der Waals surface area contributed by atoms with Crippen LogP contribution >= 0.6 is 0 Å². The summed E-state index contributed by atoms with van der Waals surface area (Å²) in [5.74, 6) is 0.737. The first-order valence-electron chi connectivity index (χ1n) is 4.63. The number of allylic oxidation sites excluding steroid dienone is 4. The van der Waals surface area contributed by atoms with Gasteiger partial charge in [-0.15, -0.1) is 0 Å². The quantitative estimate of drug-likeness (QED) is 0.575. The standard InChI is InChI=1S/C11H18/c1-4-5-10-6-7-11(8-10)9(2)3/h6,8-9H,4-5,7H2,1-3H3. The van der Waals surface area contributed by atoms with Crippen molar-refractivity contribution in [2.24, 2.45) is 5.92 Å². The average molecular weight is 150 g/mol. The molecule has 0 atom stereocenters. The van der Waals surface area contributed by atoms with Crippen molar-refractivity contribution in [3.05, 3.63) is 23.3 Å². The smallest absolute Gasteiger partial charge is 0.0127 e. The predicted octanol–water partition coefficient (Wildman–Crippen LogP) is 3.70. The summed E-state index contributed by atoms with van der Waals surface area (Å²) in [7, 11) is 0. The lowest BCUT2D eigenvalue weighted by atomic mass is 10.0. The fraction of sp³-hybridized carbons (Fsp3) is 0.636. The minimum atomic E-state index is 0.737. The molecule has 1 aliphatic carbocycles. The minimum absolute atomic E-state index is 0.737. The molecule has 0 spiro atoms. The van der Waals surface area contributed by atoms with E-state index in [9.17, 15) is 0 Å². The zero-order valence-electron chi connectivity index (χ0n) is 7.85. The van der Waals surface area contributed by atoms with E-state index < -0.39 is 0 Å². The van der Waals surface area contributed by atoms with Crippen LogP contribution in [-0.4, -0.2) is 0 Å². The zero-order chi connectivity index (χ0) is 8.27. The van der Waals surface area contributed by atoms with Gasteiger partial charge < -0.3 is 0 Å². The van der Waals surface area contributed by atoms with Crippen LogP contribution < -0.4 is 0 Å². The van der Waals surface area contributed by atoms with Gasteiger partial charge in [-0.25, -0.2) is 0 Å². The molecule has 0 heteroatoms. The molecular weight excluding hydrogens is 132 g/mol. The molecule has 0 fully saturated rings. The van der Waals surface area contributed by atoms with E-state index in [1.807, 2.05) is 0 Å². The maximum Gasteiger partial charge on any atom is -0.0127 e. The molecule has 0 bridgehead atoms. The third kappa shape index (κ3) is 2.21. The van der Waals surface area contributed by atoms with Gasteiger partial charge in [0.25, 0.3) is 0 Å². The van der Waals surface area contributed by atoms with Crippen LogP contribution in [0.5, 0.6) is 0 Å².